The lowest BCUT2D eigenvalue weighted by Gasteiger charge is -2.23. The zero-order valence-corrected chi connectivity index (χ0v) is 9.19. The van der Waals surface area contributed by atoms with Crippen molar-refractivity contribution in [2.45, 2.75) is 12.8 Å². The molecule has 2 rings (SSSR count). The number of rotatable bonds is 2. The van der Waals surface area contributed by atoms with Crippen LogP contribution in [-0.2, 0) is 11.3 Å². The Morgan fingerprint density at radius 1 is 1.29 bits per heavy atom. The van der Waals surface area contributed by atoms with Crippen molar-refractivity contribution in [3.63, 3.8) is 0 Å². The average molecular weight is 231 g/mol. The summed E-state index contributed by atoms with van der Waals surface area (Å²) < 4.78 is 5.08. The van der Waals surface area contributed by atoms with E-state index in [1.807, 2.05) is 30.3 Å². The summed E-state index contributed by atoms with van der Waals surface area (Å²) in [5.74, 6) is 0. The number of carbonyl (C=O) groups excluding carboxylic acids is 1. The van der Waals surface area contributed by atoms with Crippen LogP contribution in [-0.4, -0.2) is 22.3 Å². The van der Waals surface area contributed by atoms with E-state index in [2.05, 4.69) is 0 Å². The molecule has 0 bridgehead atoms. The molecule has 1 N–H and O–H groups in total. The fourth-order valence-electron chi connectivity index (χ4n) is 1.45. The Morgan fingerprint density at radius 2 is 2.06 bits per heavy atom. The molecule has 0 aliphatic carbocycles. The summed E-state index contributed by atoms with van der Waals surface area (Å²) in [7, 11) is 0. The molecule has 4 heteroatoms. The summed E-state index contributed by atoms with van der Waals surface area (Å²) in [6.07, 6.45) is 4.80. The van der Waals surface area contributed by atoms with Gasteiger partial charge >= 0.3 is 6.09 Å². The Kier molecular flexibility index (Phi) is 3.57. The van der Waals surface area contributed by atoms with E-state index in [9.17, 15) is 9.90 Å². The molecule has 0 aromatic heterocycles. The van der Waals surface area contributed by atoms with Crippen LogP contribution < -0.4 is 0 Å². The van der Waals surface area contributed by atoms with Gasteiger partial charge in [0, 0.05) is 6.20 Å². The molecule has 1 heterocycles. The monoisotopic (exact) mass is 231 g/mol. The molecule has 1 aromatic rings. The summed E-state index contributed by atoms with van der Waals surface area (Å²) in [5.41, 5.74) is 0.909. The molecule has 17 heavy (non-hydrogen) atoms. The van der Waals surface area contributed by atoms with E-state index in [0.717, 1.165) is 10.5 Å². The van der Waals surface area contributed by atoms with Crippen molar-refractivity contribution in [1.82, 2.24) is 4.90 Å². The van der Waals surface area contributed by atoms with Gasteiger partial charge in [-0.3, -0.25) is 4.90 Å². The number of amides is 1. The molecule has 0 radical (unpaired) electrons. The maximum absolute atomic E-state index is 11.6. The predicted octanol–water partition coefficient (Wildman–Crippen LogP) is 2.03. The maximum atomic E-state index is 11.6. The smallest absolute Gasteiger partial charge is 0.416 e. The lowest BCUT2D eigenvalue weighted by molar-refractivity contribution is 0.0468. The summed E-state index contributed by atoms with van der Waals surface area (Å²) in [4.78, 5) is 12.8. The average Bonchev–Trinajstić information content (AvgIpc) is 2.38. The molecule has 88 valence electrons. The molecule has 1 amide bonds. The van der Waals surface area contributed by atoms with E-state index >= 15 is 0 Å². The van der Waals surface area contributed by atoms with E-state index in [-0.39, 0.29) is 6.61 Å². The van der Waals surface area contributed by atoms with Gasteiger partial charge in [-0.25, -0.2) is 4.79 Å². The van der Waals surface area contributed by atoms with Crippen LogP contribution >= 0.6 is 0 Å². The minimum absolute atomic E-state index is 0.195. The lowest BCUT2D eigenvalue weighted by Crippen LogP contribution is -2.36. The van der Waals surface area contributed by atoms with Crippen LogP contribution in [0.1, 0.15) is 5.56 Å². The second kappa shape index (κ2) is 5.32. The van der Waals surface area contributed by atoms with Gasteiger partial charge in [-0.1, -0.05) is 36.4 Å². The molecule has 1 aromatic carbocycles. The minimum Gasteiger partial charge on any atom is -0.444 e. The number of hydrogen-bond acceptors (Lipinski definition) is 3. The lowest BCUT2D eigenvalue weighted by atomic mass is 10.2. The van der Waals surface area contributed by atoms with Crippen molar-refractivity contribution in [3.05, 3.63) is 60.3 Å². The largest absolute Gasteiger partial charge is 0.444 e. The van der Waals surface area contributed by atoms with Gasteiger partial charge < -0.3 is 9.84 Å². The second-order valence-electron chi connectivity index (χ2n) is 3.59. The third-order valence-electron chi connectivity index (χ3n) is 2.34. The van der Waals surface area contributed by atoms with Crippen LogP contribution in [0, 0.1) is 0 Å². The normalized spacial score (nSPS) is 18.2. The van der Waals surface area contributed by atoms with Gasteiger partial charge in [0.15, 0.2) is 6.23 Å². The topological polar surface area (TPSA) is 49.8 Å². The molecular formula is C13H13NO3. The van der Waals surface area contributed by atoms with Crippen molar-refractivity contribution in [3.8, 4) is 0 Å². The van der Waals surface area contributed by atoms with Crippen LogP contribution in [0.2, 0.25) is 0 Å². The molecular weight excluding hydrogens is 218 g/mol. The van der Waals surface area contributed by atoms with Crippen LogP contribution in [0.3, 0.4) is 0 Å². The zero-order valence-electron chi connectivity index (χ0n) is 9.19. The van der Waals surface area contributed by atoms with E-state index in [4.69, 9.17) is 4.74 Å². The fourth-order valence-corrected chi connectivity index (χ4v) is 1.45. The molecule has 4 nitrogen and oxygen atoms in total. The highest BCUT2D eigenvalue weighted by molar-refractivity contribution is 5.69. The van der Waals surface area contributed by atoms with E-state index in [1.54, 1.807) is 12.2 Å². The third kappa shape index (κ3) is 2.95. The van der Waals surface area contributed by atoms with Gasteiger partial charge in [-0.2, -0.15) is 0 Å². The first-order valence-electron chi connectivity index (χ1n) is 5.29. The van der Waals surface area contributed by atoms with E-state index < -0.39 is 12.3 Å². The Balaban J connectivity index is 1.90. The highest BCUT2D eigenvalue weighted by atomic mass is 16.6. The number of hydrogen-bond donors (Lipinski definition) is 1. The quantitative estimate of drug-likeness (QED) is 0.847. The number of allylic oxidation sites excluding steroid dienone is 2. The zero-order chi connectivity index (χ0) is 12.1. The van der Waals surface area contributed by atoms with Crippen molar-refractivity contribution >= 4 is 6.09 Å². The SMILES string of the molecule is O=C(OCc1ccccc1)N1C=CC=CC1O. The molecule has 0 spiro atoms. The minimum atomic E-state index is -0.955. The van der Waals surface area contributed by atoms with Crippen molar-refractivity contribution in [2.24, 2.45) is 0 Å². The van der Waals surface area contributed by atoms with Gasteiger partial charge in [0.2, 0.25) is 0 Å². The van der Waals surface area contributed by atoms with Crippen LogP contribution in [0.4, 0.5) is 4.79 Å². The molecule has 1 unspecified atom stereocenters. The number of aliphatic hydroxyl groups excluding tert-OH is 1. The first-order valence-corrected chi connectivity index (χ1v) is 5.29. The predicted molar refractivity (Wildman–Crippen MR) is 62.8 cm³/mol. The first-order chi connectivity index (χ1) is 8.27. The Labute approximate surface area is 99.4 Å². The number of ether oxygens (including phenoxy) is 1. The van der Waals surface area contributed by atoms with Crippen molar-refractivity contribution in [2.75, 3.05) is 0 Å². The second-order valence-corrected chi connectivity index (χ2v) is 3.59. The van der Waals surface area contributed by atoms with Gasteiger partial charge in [0.05, 0.1) is 0 Å². The van der Waals surface area contributed by atoms with Crippen molar-refractivity contribution < 1.29 is 14.6 Å². The number of benzene rings is 1. The maximum Gasteiger partial charge on any atom is 0.416 e. The van der Waals surface area contributed by atoms with Crippen LogP contribution in [0.15, 0.2) is 54.8 Å². The highest BCUT2D eigenvalue weighted by Crippen LogP contribution is 2.09. The van der Waals surface area contributed by atoms with E-state index in [1.165, 1.54) is 12.3 Å². The number of aliphatic hydroxyl groups is 1. The summed E-state index contributed by atoms with van der Waals surface area (Å²) in [6.45, 7) is 0.195. The molecule has 1 atom stereocenters. The molecule has 0 fully saturated rings. The van der Waals surface area contributed by atoms with E-state index in [0.29, 0.717) is 0 Å². The Hall–Kier alpha value is -2.07. The van der Waals surface area contributed by atoms with Crippen LogP contribution in [0.5, 0.6) is 0 Å². The summed E-state index contributed by atoms with van der Waals surface area (Å²) >= 11 is 0. The molecule has 0 saturated heterocycles. The summed E-state index contributed by atoms with van der Waals surface area (Å²) in [5, 5.41) is 9.52. The number of nitrogens with zero attached hydrogens (tertiary/aromatic N) is 1. The van der Waals surface area contributed by atoms with Crippen LogP contribution in [0.25, 0.3) is 0 Å². The third-order valence-corrected chi connectivity index (χ3v) is 2.34. The van der Waals surface area contributed by atoms with Gasteiger partial charge in [0.1, 0.15) is 6.61 Å². The molecule has 1 aliphatic heterocycles. The standard InChI is InChI=1S/C13H13NO3/c15-12-8-4-5-9-14(12)13(16)17-10-11-6-2-1-3-7-11/h1-9,12,15H,10H2. The van der Waals surface area contributed by atoms with Gasteiger partial charge in [-0.15, -0.1) is 0 Å². The Morgan fingerprint density at radius 3 is 2.76 bits per heavy atom. The number of carbonyl (C=O) groups is 1. The van der Waals surface area contributed by atoms with Gasteiger partial charge in [0.25, 0.3) is 0 Å². The van der Waals surface area contributed by atoms with Crippen molar-refractivity contribution in [1.29, 1.82) is 0 Å². The first kappa shape index (κ1) is 11.4. The highest BCUT2D eigenvalue weighted by Gasteiger charge is 2.19. The Bertz CT molecular complexity index is 439. The molecule has 1 aliphatic rings. The fraction of sp³-hybridized carbons (Fsp3) is 0.154. The van der Waals surface area contributed by atoms with Gasteiger partial charge in [-0.05, 0) is 17.7 Å². The molecule has 0 saturated carbocycles. The summed E-state index contributed by atoms with van der Waals surface area (Å²) in [6, 6.07) is 9.39.